The van der Waals surface area contributed by atoms with Crippen LogP contribution in [0.4, 0.5) is 5.13 Å². The lowest BCUT2D eigenvalue weighted by Crippen LogP contribution is -2.46. The molecular weight excluding hydrogens is 262 g/mol. The van der Waals surface area contributed by atoms with E-state index in [9.17, 15) is 4.79 Å². The van der Waals surface area contributed by atoms with Gasteiger partial charge in [0.1, 0.15) is 6.04 Å². The first-order chi connectivity index (χ1) is 7.60. The number of likely N-dealkylation sites (N-methyl/N-ethyl adjacent to an activating group) is 1. The Hall–Kier alpha value is -0.690. The van der Waals surface area contributed by atoms with Crippen molar-refractivity contribution in [1.29, 1.82) is 0 Å². The molecule has 1 aromatic rings. The Morgan fingerprint density at radius 2 is 2.35 bits per heavy atom. The monoisotopic (exact) mass is 279 g/mol. The van der Waals surface area contributed by atoms with Crippen LogP contribution < -0.4 is 10.6 Å². The van der Waals surface area contributed by atoms with E-state index in [1.165, 1.54) is 18.4 Å². The van der Waals surface area contributed by atoms with Crippen molar-refractivity contribution in [1.82, 2.24) is 4.98 Å². The molecule has 1 rings (SSSR count). The fourth-order valence-electron chi connectivity index (χ4n) is 1.30. The molecule has 0 aliphatic heterocycles. The second-order valence-corrected chi connectivity index (χ2v) is 4.25. The highest BCUT2D eigenvalue weighted by Crippen LogP contribution is 2.20. The summed E-state index contributed by atoms with van der Waals surface area (Å²) < 4.78 is 4.87. The highest BCUT2D eigenvalue weighted by molar-refractivity contribution is 7.14. The van der Waals surface area contributed by atoms with Crippen molar-refractivity contribution in [2.24, 2.45) is 5.73 Å². The van der Waals surface area contributed by atoms with Crippen LogP contribution in [0.1, 0.15) is 12.6 Å². The van der Waals surface area contributed by atoms with E-state index in [0.717, 1.165) is 5.69 Å². The number of aromatic nitrogens is 1. The second kappa shape index (κ2) is 7.60. The van der Waals surface area contributed by atoms with Gasteiger partial charge in [-0.3, -0.25) is 9.69 Å². The number of nitrogens with two attached hydrogens (primary N) is 1. The van der Waals surface area contributed by atoms with Gasteiger partial charge in [-0.05, 0) is 13.8 Å². The molecule has 17 heavy (non-hydrogen) atoms. The lowest BCUT2D eigenvalue weighted by Gasteiger charge is -2.21. The van der Waals surface area contributed by atoms with Crippen molar-refractivity contribution in [3.8, 4) is 0 Å². The van der Waals surface area contributed by atoms with E-state index in [1.807, 2.05) is 19.2 Å². The summed E-state index contributed by atoms with van der Waals surface area (Å²) in [7, 11) is 1.52. The van der Waals surface area contributed by atoms with Crippen LogP contribution in [0.2, 0.25) is 0 Å². The minimum Gasteiger partial charge on any atom is -0.383 e. The maximum atomic E-state index is 12.0. The van der Waals surface area contributed by atoms with Crippen LogP contribution in [0.5, 0.6) is 0 Å². The highest BCUT2D eigenvalue weighted by Gasteiger charge is 2.22. The van der Waals surface area contributed by atoms with Gasteiger partial charge in [0.2, 0.25) is 5.91 Å². The Morgan fingerprint density at radius 1 is 1.71 bits per heavy atom. The summed E-state index contributed by atoms with van der Waals surface area (Å²) in [5, 5.41) is 2.60. The van der Waals surface area contributed by atoms with Crippen molar-refractivity contribution in [2.45, 2.75) is 19.9 Å². The number of carbonyl (C=O) groups is 1. The van der Waals surface area contributed by atoms with Gasteiger partial charge in [0.25, 0.3) is 0 Å². The van der Waals surface area contributed by atoms with Crippen LogP contribution in [-0.2, 0) is 9.53 Å². The van der Waals surface area contributed by atoms with Gasteiger partial charge in [-0.2, -0.15) is 0 Å². The summed E-state index contributed by atoms with van der Waals surface area (Å²) in [5.41, 5.74) is 6.62. The van der Waals surface area contributed by atoms with Gasteiger partial charge in [0.15, 0.2) is 5.13 Å². The molecule has 1 amide bonds. The standard InChI is InChI=1S/C10H17N3O2S.ClH/c1-4-13(9(14)8(11)5-15-3)10-12-7(2)6-16-10;/h6,8H,4-5,11H2,1-3H3;1H. The number of carbonyl (C=O) groups excluding carboxylic acids is 1. The van der Waals surface area contributed by atoms with Crippen LogP contribution in [0.15, 0.2) is 5.38 Å². The van der Waals surface area contributed by atoms with Gasteiger partial charge in [-0.1, -0.05) is 0 Å². The van der Waals surface area contributed by atoms with Gasteiger partial charge in [-0.15, -0.1) is 23.7 Å². The molecule has 0 aliphatic carbocycles. The van der Waals surface area contributed by atoms with E-state index in [1.54, 1.807) is 4.90 Å². The van der Waals surface area contributed by atoms with Gasteiger partial charge in [-0.25, -0.2) is 4.98 Å². The number of ether oxygens (including phenoxy) is 1. The van der Waals surface area contributed by atoms with Crippen molar-refractivity contribution in [3.05, 3.63) is 11.1 Å². The first kappa shape index (κ1) is 16.3. The summed E-state index contributed by atoms with van der Waals surface area (Å²) >= 11 is 1.44. The zero-order valence-electron chi connectivity index (χ0n) is 10.2. The molecule has 1 aromatic heterocycles. The number of methoxy groups -OCH3 is 1. The normalized spacial score (nSPS) is 11.8. The van der Waals surface area contributed by atoms with Crippen LogP contribution in [-0.4, -0.2) is 37.2 Å². The number of amides is 1. The average molecular weight is 280 g/mol. The molecule has 1 heterocycles. The number of hydrogen-bond donors (Lipinski definition) is 1. The van der Waals surface area contributed by atoms with E-state index in [-0.39, 0.29) is 24.9 Å². The third kappa shape index (κ3) is 4.23. The number of nitrogens with zero attached hydrogens (tertiary/aromatic N) is 2. The first-order valence-electron chi connectivity index (χ1n) is 5.08. The second-order valence-electron chi connectivity index (χ2n) is 3.42. The molecule has 1 atom stereocenters. The fraction of sp³-hybridized carbons (Fsp3) is 0.600. The average Bonchev–Trinajstić information content (AvgIpc) is 2.66. The molecule has 7 heteroatoms. The Morgan fingerprint density at radius 3 is 2.76 bits per heavy atom. The van der Waals surface area contributed by atoms with Crippen molar-refractivity contribution >= 4 is 34.8 Å². The fourth-order valence-corrected chi connectivity index (χ4v) is 2.17. The summed E-state index contributed by atoms with van der Waals surface area (Å²) in [6, 6.07) is -0.630. The smallest absolute Gasteiger partial charge is 0.248 e. The maximum absolute atomic E-state index is 12.0. The Balaban J connectivity index is 0.00000256. The topological polar surface area (TPSA) is 68.5 Å². The quantitative estimate of drug-likeness (QED) is 0.879. The maximum Gasteiger partial charge on any atom is 0.248 e. The highest BCUT2D eigenvalue weighted by atomic mass is 35.5. The molecule has 0 aliphatic rings. The van der Waals surface area contributed by atoms with E-state index >= 15 is 0 Å². The van der Waals surface area contributed by atoms with Crippen molar-refractivity contribution in [2.75, 3.05) is 25.2 Å². The van der Waals surface area contributed by atoms with Crippen LogP contribution in [0.25, 0.3) is 0 Å². The molecule has 0 fully saturated rings. The van der Waals surface area contributed by atoms with Crippen LogP contribution in [0, 0.1) is 6.92 Å². The Labute approximate surface area is 111 Å². The number of thiazole rings is 1. The van der Waals surface area contributed by atoms with E-state index in [2.05, 4.69) is 4.98 Å². The predicted octanol–water partition coefficient (Wildman–Crippen LogP) is 1.20. The summed E-state index contributed by atoms with van der Waals surface area (Å²) in [6.45, 7) is 4.57. The van der Waals surface area contributed by atoms with E-state index < -0.39 is 6.04 Å². The third-order valence-electron chi connectivity index (χ3n) is 2.08. The summed E-state index contributed by atoms with van der Waals surface area (Å²) in [4.78, 5) is 17.8. The molecule has 2 N–H and O–H groups in total. The molecule has 0 saturated carbocycles. The molecule has 0 bridgehead atoms. The number of hydrogen-bond acceptors (Lipinski definition) is 5. The number of halogens is 1. The summed E-state index contributed by atoms with van der Waals surface area (Å²) in [5.74, 6) is -0.154. The van der Waals surface area contributed by atoms with Crippen molar-refractivity contribution in [3.63, 3.8) is 0 Å². The van der Waals surface area contributed by atoms with Gasteiger partial charge < -0.3 is 10.5 Å². The molecule has 1 unspecified atom stereocenters. The summed E-state index contributed by atoms with van der Waals surface area (Å²) in [6.07, 6.45) is 0. The predicted molar refractivity (Wildman–Crippen MR) is 72.0 cm³/mol. The number of anilines is 1. The number of aryl methyl sites for hydroxylation is 1. The Bertz CT molecular complexity index is 359. The molecular formula is C10H18ClN3O2S. The molecule has 0 saturated heterocycles. The Kier molecular flexibility index (Phi) is 7.29. The molecule has 5 nitrogen and oxygen atoms in total. The van der Waals surface area contributed by atoms with Gasteiger partial charge in [0, 0.05) is 19.0 Å². The van der Waals surface area contributed by atoms with Gasteiger partial charge in [0.05, 0.1) is 12.3 Å². The zero-order chi connectivity index (χ0) is 12.1. The number of rotatable bonds is 5. The van der Waals surface area contributed by atoms with Crippen molar-refractivity contribution < 1.29 is 9.53 Å². The first-order valence-corrected chi connectivity index (χ1v) is 5.96. The minimum absolute atomic E-state index is 0. The lowest BCUT2D eigenvalue weighted by atomic mass is 10.3. The van der Waals surface area contributed by atoms with Crippen LogP contribution >= 0.6 is 23.7 Å². The van der Waals surface area contributed by atoms with Gasteiger partial charge >= 0.3 is 0 Å². The SMILES string of the molecule is CCN(C(=O)C(N)COC)c1nc(C)cs1.Cl. The van der Waals surface area contributed by atoms with E-state index in [0.29, 0.717) is 11.7 Å². The largest absolute Gasteiger partial charge is 0.383 e. The molecule has 0 radical (unpaired) electrons. The molecule has 0 spiro atoms. The zero-order valence-corrected chi connectivity index (χ0v) is 11.8. The van der Waals surface area contributed by atoms with Crippen LogP contribution in [0.3, 0.4) is 0 Å². The minimum atomic E-state index is -0.630. The third-order valence-corrected chi connectivity index (χ3v) is 3.06. The van der Waals surface area contributed by atoms with E-state index in [4.69, 9.17) is 10.5 Å². The molecule has 98 valence electrons. The molecule has 0 aromatic carbocycles. The lowest BCUT2D eigenvalue weighted by molar-refractivity contribution is -0.120.